The van der Waals surface area contributed by atoms with Crippen LogP contribution in [0.25, 0.3) is 0 Å². The van der Waals surface area contributed by atoms with Crippen LogP contribution in [0, 0.1) is 0 Å². The minimum absolute atomic E-state index is 0.0248. The molecular formula is C11H13NO4S. The highest BCUT2D eigenvalue weighted by molar-refractivity contribution is 7.91. The fraction of sp³-hybridized carbons (Fsp3) is 0.364. The molecule has 0 saturated heterocycles. The Hall–Kier alpha value is -1.56. The van der Waals surface area contributed by atoms with E-state index in [1.165, 1.54) is 12.1 Å². The van der Waals surface area contributed by atoms with E-state index in [1.54, 1.807) is 19.9 Å². The standard InChI is InChI=1S/C11H13NO4S/c1-3-17(14,15)8-4-5-10-9(6-8)12-11(13)7(2)16-10/h4-7H,3H2,1-2H3,(H,12,13)/t7-/m0/s1. The molecule has 0 aromatic heterocycles. The lowest BCUT2D eigenvalue weighted by molar-refractivity contribution is -0.122. The largest absolute Gasteiger partial charge is 0.479 e. The van der Waals surface area contributed by atoms with E-state index in [4.69, 9.17) is 4.74 Å². The van der Waals surface area contributed by atoms with Crippen molar-refractivity contribution in [3.63, 3.8) is 0 Å². The minimum Gasteiger partial charge on any atom is -0.479 e. The zero-order chi connectivity index (χ0) is 12.6. The topological polar surface area (TPSA) is 72.5 Å². The van der Waals surface area contributed by atoms with Crippen LogP contribution in [-0.4, -0.2) is 26.2 Å². The third-order valence-electron chi connectivity index (χ3n) is 2.62. The zero-order valence-electron chi connectivity index (χ0n) is 9.56. The number of rotatable bonds is 2. The molecule has 0 saturated carbocycles. The van der Waals surface area contributed by atoms with Gasteiger partial charge in [0.25, 0.3) is 5.91 Å². The highest BCUT2D eigenvalue weighted by Crippen LogP contribution is 2.31. The van der Waals surface area contributed by atoms with Crippen molar-refractivity contribution in [3.05, 3.63) is 18.2 Å². The summed E-state index contributed by atoms with van der Waals surface area (Å²) >= 11 is 0. The molecule has 1 aromatic carbocycles. The number of nitrogens with one attached hydrogen (secondary N) is 1. The molecule has 17 heavy (non-hydrogen) atoms. The summed E-state index contributed by atoms with van der Waals surface area (Å²) < 4.78 is 28.7. The highest BCUT2D eigenvalue weighted by Gasteiger charge is 2.25. The van der Waals surface area contributed by atoms with Crippen molar-refractivity contribution in [3.8, 4) is 5.75 Å². The van der Waals surface area contributed by atoms with Gasteiger partial charge < -0.3 is 10.1 Å². The molecule has 1 aliphatic heterocycles. The summed E-state index contributed by atoms with van der Waals surface area (Å²) in [6.07, 6.45) is -0.559. The monoisotopic (exact) mass is 255 g/mol. The molecule has 0 radical (unpaired) electrons. The van der Waals surface area contributed by atoms with E-state index < -0.39 is 15.9 Å². The van der Waals surface area contributed by atoms with Crippen LogP contribution < -0.4 is 10.1 Å². The van der Waals surface area contributed by atoms with Crippen LogP contribution in [0.3, 0.4) is 0 Å². The predicted molar refractivity (Wildman–Crippen MR) is 62.9 cm³/mol. The van der Waals surface area contributed by atoms with Crippen molar-refractivity contribution in [2.45, 2.75) is 24.8 Å². The van der Waals surface area contributed by atoms with Crippen LogP contribution in [-0.2, 0) is 14.6 Å². The number of benzene rings is 1. The van der Waals surface area contributed by atoms with E-state index >= 15 is 0 Å². The van der Waals surface area contributed by atoms with Crippen molar-refractivity contribution < 1.29 is 17.9 Å². The lowest BCUT2D eigenvalue weighted by Crippen LogP contribution is -2.34. The van der Waals surface area contributed by atoms with Crippen LogP contribution in [0.5, 0.6) is 5.75 Å². The van der Waals surface area contributed by atoms with E-state index in [1.807, 2.05) is 0 Å². The summed E-state index contributed by atoms with van der Waals surface area (Å²) in [6, 6.07) is 4.48. The Morgan fingerprint density at radius 1 is 1.41 bits per heavy atom. The van der Waals surface area contributed by atoms with Gasteiger partial charge in [0.15, 0.2) is 15.9 Å². The SMILES string of the molecule is CCS(=O)(=O)c1ccc2c(c1)NC(=O)[C@H](C)O2. The third kappa shape index (κ3) is 2.12. The number of hydrogen-bond donors (Lipinski definition) is 1. The molecule has 0 spiro atoms. The Labute approximate surface area is 99.7 Å². The first-order valence-corrected chi connectivity index (χ1v) is 6.93. The van der Waals surface area contributed by atoms with Gasteiger partial charge in [-0.2, -0.15) is 0 Å². The molecule has 1 amide bonds. The number of carbonyl (C=O) groups is 1. The zero-order valence-corrected chi connectivity index (χ0v) is 10.4. The molecule has 5 nitrogen and oxygen atoms in total. The molecule has 92 valence electrons. The summed E-state index contributed by atoms with van der Waals surface area (Å²) in [5.41, 5.74) is 0.405. The Morgan fingerprint density at radius 2 is 2.12 bits per heavy atom. The molecule has 1 heterocycles. The fourth-order valence-electron chi connectivity index (χ4n) is 1.55. The lowest BCUT2D eigenvalue weighted by atomic mass is 10.2. The number of anilines is 1. The Morgan fingerprint density at radius 3 is 2.76 bits per heavy atom. The molecule has 0 fully saturated rings. The van der Waals surface area contributed by atoms with Crippen molar-refractivity contribution >= 4 is 21.4 Å². The van der Waals surface area contributed by atoms with E-state index in [2.05, 4.69) is 5.32 Å². The van der Waals surface area contributed by atoms with Crippen molar-refractivity contribution in [1.82, 2.24) is 0 Å². The molecular weight excluding hydrogens is 242 g/mol. The normalized spacial score (nSPS) is 19.2. The first-order valence-electron chi connectivity index (χ1n) is 5.28. The quantitative estimate of drug-likeness (QED) is 0.861. The first-order chi connectivity index (χ1) is 7.94. The molecule has 1 atom stereocenters. The molecule has 0 aliphatic carbocycles. The number of carbonyl (C=O) groups excluding carboxylic acids is 1. The third-order valence-corrected chi connectivity index (χ3v) is 4.35. The molecule has 1 aliphatic rings. The van der Waals surface area contributed by atoms with Crippen molar-refractivity contribution in [1.29, 1.82) is 0 Å². The molecule has 6 heteroatoms. The number of ether oxygens (including phenoxy) is 1. The van der Waals surface area contributed by atoms with Gasteiger partial charge in [-0.25, -0.2) is 8.42 Å². The Balaban J connectivity index is 2.46. The first kappa shape index (κ1) is 11.9. The van der Waals surface area contributed by atoms with Crippen LogP contribution in [0.1, 0.15) is 13.8 Å². The summed E-state index contributed by atoms with van der Waals surface area (Å²) in [6.45, 7) is 3.21. The molecule has 1 N–H and O–H groups in total. The molecule has 1 aromatic rings. The predicted octanol–water partition coefficient (Wildman–Crippen LogP) is 1.20. The van der Waals surface area contributed by atoms with Crippen LogP contribution in [0.2, 0.25) is 0 Å². The number of amides is 1. The van der Waals surface area contributed by atoms with Gasteiger partial charge in [-0.1, -0.05) is 6.92 Å². The second-order valence-corrected chi connectivity index (χ2v) is 6.09. The summed E-state index contributed by atoms with van der Waals surface area (Å²) in [7, 11) is -3.27. The van der Waals surface area contributed by atoms with Gasteiger partial charge in [0, 0.05) is 0 Å². The second-order valence-electron chi connectivity index (χ2n) is 3.81. The van der Waals surface area contributed by atoms with Gasteiger partial charge in [0.2, 0.25) is 0 Å². The Kier molecular flexibility index (Phi) is 2.82. The maximum Gasteiger partial charge on any atom is 0.265 e. The number of hydrogen-bond acceptors (Lipinski definition) is 4. The second kappa shape index (κ2) is 4.03. The minimum atomic E-state index is -3.27. The maximum absolute atomic E-state index is 11.7. The van der Waals surface area contributed by atoms with Crippen LogP contribution in [0.4, 0.5) is 5.69 Å². The summed E-state index contributed by atoms with van der Waals surface area (Å²) in [5, 5.41) is 2.62. The van der Waals surface area contributed by atoms with Crippen molar-refractivity contribution in [2.75, 3.05) is 11.1 Å². The van der Waals surface area contributed by atoms with Crippen LogP contribution in [0.15, 0.2) is 23.1 Å². The highest BCUT2D eigenvalue weighted by atomic mass is 32.2. The van der Waals surface area contributed by atoms with Crippen molar-refractivity contribution in [2.24, 2.45) is 0 Å². The van der Waals surface area contributed by atoms with Gasteiger partial charge in [-0.15, -0.1) is 0 Å². The molecule has 0 bridgehead atoms. The van der Waals surface area contributed by atoms with E-state index in [0.717, 1.165) is 0 Å². The van der Waals surface area contributed by atoms with E-state index in [-0.39, 0.29) is 16.6 Å². The van der Waals surface area contributed by atoms with E-state index in [0.29, 0.717) is 11.4 Å². The van der Waals surface area contributed by atoms with Gasteiger partial charge in [-0.3, -0.25) is 4.79 Å². The van der Waals surface area contributed by atoms with Gasteiger partial charge in [0.05, 0.1) is 16.3 Å². The summed E-state index contributed by atoms with van der Waals surface area (Å²) in [4.78, 5) is 11.6. The van der Waals surface area contributed by atoms with Crippen LogP contribution >= 0.6 is 0 Å². The summed E-state index contributed by atoms with van der Waals surface area (Å²) in [5.74, 6) is 0.243. The molecule has 0 unspecified atom stereocenters. The van der Waals surface area contributed by atoms with Gasteiger partial charge in [0.1, 0.15) is 5.75 Å². The average Bonchev–Trinajstić information content (AvgIpc) is 2.30. The lowest BCUT2D eigenvalue weighted by Gasteiger charge is -2.23. The number of fused-ring (bicyclic) bond motifs is 1. The molecule has 2 rings (SSSR count). The van der Waals surface area contributed by atoms with Gasteiger partial charge >= 0.3 is 0 Å². The number of sulfone groups is 1. The smallest absolute Gasteiger partial charge is 0.265 e. The Bertz CT molecular complexity index is 565. The maximum atomic E-state index is 11.7. The average molecular weight is 255 g/mol. The van der Waals surface area contributed by atoms with Gasteiger partial charge in [-0.05, 0) is 25.1 Å². The van der Waals surface area contributed by atoms with E-state index in [9.17, 15) is 13.2 Å². The fourth-order valence-corrected chi connectivity index (χ4v) is 2.45.